The third-order valence-electron chi connectivity index (χ3n) is 3.51. The summed E-state index contributed by atoms with van der Waals surface area (Å²) in [5.74, 6) is 0.800. The number of hydrogen-bond donors (Lipinski definition) is 1. The highest BCUT2D eigenvalue weighted by atomic mass is 16.1. The fourth-order valence-electron chi connectivity index (χ4n) is 2.70. The Labute approximate surface area is 114 Å². The number of nitrogens with zero attached hydrogens (tertiary/aromatic N) is 1. The molecule has 2 aromatic rings. The average molecular weight is 256 g/mol. The summed E-state index contributed by atoms with van der Waals surface area (Å²) in [6.07, 6.45) is 2.58. The molecule has 3 nitrogen and oxygen atoms in total. The molecule has 2 rings (SSSR count). The second-order valence-corrected chi connectivity index (χ2v) is 5.18. The van der Waals surface area contributed by atoms with Crippen molar-refractivity contribution in [2.24, 2.45) is 0 Å². The Balaban J connectivity index is 2.21. The number of carbonyl (C=O) groups excluding carboxylic acids is 1. The van der Waals surface area contributed by atoms with Gasteiger partial charge in [-0.05, 0) is 57.2 Å². The normalized spacial score (nSPS) is 10.7. The first-order chi connectivity index (χ1) is 9.01. The zero-order valence-electron chi connectivity index (χ0n) is 12.0. The highest BCUT2D eigenvalue weighted by Crippen LogP contribution is 2.19. The Bertz CT molecular complexity index is 588. The minimum atomic E-state index is 0.542. The molecule has 0 fully saturated rings. The summed E-state index contributed by atoms with van der Waals surface area (Å²) in [5.41, 5.74) is 6.79. The van der Waals surface area contributed by atoms with Crippen molar-refractivity contribution in [3.8, 4) is 0 Å². The number of rotatable bonds is 4. The Morgan fingerprint density at radius 1 is 1.11 bits per heavy atom. The van der Waals surface area contributed by atoms with Crippen LogP contribution in [0.3, 0.4) is 0 Å². The number of aldehydes is 1. The number of imidazole rings is 1. The van der Waals surface area contributed by atoms with Gasteiger partial charge >= 0.3 is 0 Å². The predicted octanol–water partition coefficient (Wildman–Crippen LogP) is 3.24. The van der Waals surface area contributed by atoms with Crippen molar-refractivity contribution in [2.75, 3.05) is 0 Å². The lowest BCUT2D eigenvalue weighted by atomic mass is 9.95. The summed E-state index contributed by atoms with van der Waals surface area (Å²) in [7, 11) is 0. The Morgan fingerprint density at radius 2 is 1.74 bits per heavy atom. The van der Waals surface area contributed by atoms with Gasteiger partial charge in [0.1, 0.15) is 11.5 Å². The summed E-state index contributed by atoms with van der Waals surface area (Å²) in [6, 6.07) is 4.42. The molecule has 0 radical (unpaired) electrons. The molecular weight excluding hydrogens is 236 g/mol. The van der Waals surface area contributed by atoms with E-state index in [1.807, 2.05) is 6.92 Å². The molecule has 0 aliphatic rings. The molecule has 1 N–H and O–H groups in total. The third kappa shape index (κ3) is 2.92. The van der Waals surface area contributed by atoms with Crippen molar-refractivity contribution >= 4 is 6.29 Å². The van der Waals surface area contributed by atoms with Crippen LogP contribution in [0.2, 0.25) is 0 Å². The molecule has 0 saturated heterocycles. The van der Waals surface area contributed by atoms with Crippen molar-refractivity contribution in [3.63, 3.8) is 0 Å². The van der Waals surface area contributed by atoms with Crippen LogP contribution in [0.4, 0.5) is 0 Å². The maximum Gasteiger partial charge on any atom is 0.170 e. The van der Waals surface area contributed by atoms with Crippen LogP contribution in [0.5, 0.6) is 0 Å². The zero-order valence-corrected chi connectivity index (χ0v) is 12.0. The summed E-state index contributed by atoms with van der Waals surface area (Å²) in [5, 5.41) is 0. The lowest BCUT2D eigenvalue weighted by Gasteiger charge is -2.11. The smallest absolute Gasteiger partial charge is 0.170 e. The summed E-state index contributed by atoms with van der Waals surface area (Å²) in [6.45, 7) is 8.29. The fraction of sp³-hybridized carbons (Fsp3) is 0.375. The van der Waals surface area contributed by atoms with Gasteiger partial charge in [0.05, 0.1) is 0 Å². The number of nitrogens with one attached hydrogen (secondary N) is 1. The maximum atomic E-state index is 10.9. The van der Waals surface area contributed by atoms with Gasteiger partial charge in [0.25, 0.3) is 0 Å². The van der Waals surface area contributed by atoms with Crippen LogP contribution in [0.15, 0.2) is 12.1 Å². The molecular formula is C16H20N2O. The Kier molecular flexibility index (Phi) is 3.84. The van der Waals surface area contributed by atoms with Gasteiger partial charge in [0, 0.05) is 5.69 Å². The summed E-state index contributed by atoms with van der Waals surface area (Å²) >= 11 is 0. The molecule has 100 valence electrons. The van der Waals surface area contributed by atoms with Gasteiger partial charge in [0.2, 0.25) is 0 Å². The van der Waals surface area contributed by atoms with E-state index in [0.29, 0.717) is 5.69 Å². The van der Waals surface area contributed by atoms with Gasteiger partial charge in [-0.15, -0.1) is 0 Å². The van der Waals surface area contributed by atoms with E-state index < -0.39 is 0 Å². The maximum absolute atomic E-state index is 10.9. The van der Waals surface area contributed by atoms with Crippen LogP contribution in [0, 0.1) is 27.7 Å². The predicted molar refractivity (Wildman–Crippen MR) is 76.8 cm³/mol. The molecule has 1 heterocycles. The molecule has 0 bridgehead atoms. The largest absolute Gasteiger partial charge is 0.345 e. The number of aromatic nitrogens is 2. The highest BCUT2D eigenvalue weighted by molar-refractivity contribution is 5.73. The molecule has 0 unspecified atom stereocenters. The monoisotopic (exact) mass is 256 g/mol. The second-order valence-electron chi connectivity index (χ2n) is 5.18. The summed E-state index contributed by atoms with van der Waals surface area (Å²) in [4.78, 5) is 18.3. The first-order valence-electron chi connectivity index (χ1n) is 6.58. The third-order valence-corrected chi connectivity index (χ3v) is 3.51. The van der Waals surface area contributed by atoms with Crippen molar-refractivity contribution in [3.05, 3.63) is 51.6 Å². The van der Waals surface area contributed by atoms with Crippen molar-refractivity contribution < 1.29 is 4.79 Å². The van der Waals surface area contributed by atoms with Crippen LogP contribution in [0.1, 0.15) is 44.3 Å². The molecule has 1 aromatic heterocycles. The van der Waals surface area contributed by atoms with Crippen molar-refractivity contribution in [1.82, 2.24) is 9.97 Å². The number of carbonyl (C=O) groups is 1. The van der Waals surface area contributed by atoms with Crippen LogP contribution in [-0.2, 0) is 12.8 Å². The molecule has 0 atom stereocenters. The minimum Gasteiger partial charge on any atom is -0.345 e. The zero-order chi connectivity index (χ0) is 14.0. The SMILES string of the molecule is Cc1cc(C)c(CCc2[nH]c(C)nc2C=O)c(C)c1. The lowest BCUT2D eigenvalue weighted by Crippen LogP contribution is -2.00. The number of aryl methyl sites for hydroxylation is 5. The lowest BCUT2D eigenvalue weighted by molar-refractivity contribution is 0.111. The molecule has 1 aromatic carbocycles. The van der Waals surface area contributed by atoms with Crippen LogP contribution in [0.25, 0.3) is 0 Å². The molecule has 0 aliphatic heterocycles. The quantitative estimate of drug-likeness (QED) is 0.853. The first-order valence-corrected chi connectivity index (χ1v) is 6.58. The van der Waals surface area contributed by atoms with Gasteiger partial charge in [-0.3, -0.25) is 4.79 Å². The first kappa shape index (κ1) is 13.5. The summed E-state index contributed by atoms with van der Waals surface area (Å²) < 4.78 is 0. The van der Waals surface area contributed by atoms with Gasteiger partial charge in [0.15, 0.2) is 6.29 Å². The van der Waals surface area contributed by atoms with Gasteiger partial charge in [-0.25, -0.2) is 4.98 Å². The number of H-pyrrole nitrogens is 1. The number of hydrogen-bond acceptors (Lipinski definition) is 2. The van der Waals surface area contributed by atoms with E-state index in [4.69, 9.17) is 0 Å². The molecule has 3 heteroatoms. The number of aromatic amines is 1. The van der Waals surface area contributed by atoms with E-state index in [9.17, 15) is 4.79 Å². The van der Waals surface area contributed by atoms with E-state index in [1.54, 1.807) is 0 Å². The van der Waals surface area contributed by atoms with E-state index in [0.717, 1.165) is 30.6 Å². The molecule has 0 spiro atoms. The van der Waals surface area contributed by atoms with Crippen LogP contribution in [-0.4, -0.2) is 16.3 Å². The van der Waals surface area contributed by atoms with E-state index in [1.165, 1.54) is 22.3 Å². The standard InChI is InChI=1S/C16H20N2O/c1-10-7-11(2)14(12(3)8-10)5-6-15-16(9-19)18-13(4)17-15/h7-9H,5-6H2,1-4H3,(H,17,18). The van der Waals surface area contributed by atoms with Crippen molar-refractivity contribution in [2.45, 2.75) is 40.5 Å². The number of benzene rings is 1. The van der Waals surface area contributed by atoms with Crippen LogP contribution < -0.4 is 0 Å². The molecule has 19 heavy (non-hydrogen) atoms. The van der Waals surface area contributed by atoms with Crippen molar-refractivity contribution in [1.29, 1.82) is 0 Å². The minimum absolute atomic E-state index is 0.542. The Morgan fingerprint density at radius 3 is 2.32 bits per heavy atom. The van der Waals surface area contributed by atoms with E-state index >= 15 is 0 Å². The fourth-order valence-corrected chi connectivity index (χ4v) is 2.70. The topological polar surface area (TPSA) is 45.8 Å². The highest BCUT2D eigenvalue weighted by Gasteiger charge is 2.09. The molecule has 0 amide bonds. The van der Waals surface area contributed by atoms with E-state index in [2.05, 4.69) is 42.9 Å². The van der Waals surface area contributed by atoms with Gasteiger partial charge < -0.3 is 4.98 Å². The Hall–Kier alpha value is -1.90. The molecule has 0 saturated carbocycles. The second kappa shape index (κ2) is 5.39. The van der Waals surface area contributed by atoms with Gasteiger partial charge in [-0.2, -0.15) is 0 Å². The van der Waals surface area contributed by atoms with Gasteiger partial charge in [-0.1, -0.05) is 17.7 Å². The molecule has 0 aliphatic carbocycles. The van der Waals surface area contributed by atoms with Crippen LogP contribution >= 0.6 is 0 Å². The average Bonchev–Trinajstić information content (AvgIpc) is 2.68. The van der Waals surface area contributed by atoms with E-state index in [-0.39, 0.29) is 0 Å².